The Morgan fingerprint density at radius 1 is 1.03 bits per heavy atom. The van der Waals surface area contributed by atoms with Gasteiger partial charge in [-0.25, -0.2) is 4.79 Å². The van der Waals surface area contributed by atoms with Crippen molar-refractivity contribution < 1.29 is 19.4 Å². The van der Waals surface area contributed by atoms with E-state index in [1.54, 1.807) is 17.0 Å². The monoisotopic (exact) mass is 436 g/mol. The number of aromatic hydroxyl groups is 1. The lowest BCUT2D eigenvalue weighted by molar-refractivity contribution is -0.123. The van der Waals surface area contributed by atoms with Gasteiger partial charge in [-0.05, 0) is 36.1 Å². The molecule has 0 aliphatic carbocycles. The number of amides is 3. The molecule has 8 heteroatoms. The first kappa shape index (κ1) is 23.1. The van der Waals surface area contributed by atoms with Gasteiger partial charge >= 0.3 is 6.03 Å². The average molecular weight is 437 g/mol. The summed E-state index contributed by atoms with van der Waals surface area (Å²) in [6.45, 7) is 1.82. The number of carbonyl (C=O) groups is 2. The minimum absolute atomic E-state index is 0.123. The summed E-state index contributed by atoms with van der Waals surface area (Å²) in [5.74, 6) is -0.295. The van der Waals surface area contributed by atoms with Gasteiger partial charge in [-0.15, -0.1) is 0 Å². The molecule has 8 nitrogen and oxygen atoms in total. The van der Waals surface area contributed by atoms with Crippen LogP contribution in [-0.4, -0.2) is 60.3 Å². The summed E-state index contributed by atoms with van der Waals surface area (Å²) >= 11 is 0. The number of urea groups is 1. The predicted octanol–water partition coefficient (Wildman–Crippen LogP) is 1.99. The largest absolute Gasteiger partial charge is 0.508 e. The van der Waals surface area contributed by atoms with E-state index in [0.717, 1.165) is 11.1 Å². The number of morpholine rings is 1. The predicted molar refractivity (Wildman–Crippen MR) is 119 cm³/mol. The summed E-state index contributed by atoms with van der Waals surface area (Å²) in [7, 11) is 0. The van der Waals surface area contributed by atoms with E-state index in [9.17, 15) is 20.0 Å². The number of rotatable bonds is 8. The highest BCUT2D eigenvalue weighted by Crippen LogP contribution is 2.12. The van der Waals surface area contributed by atoms with Crippen molar-refractivity contribution in [2.24, 2.45) is 0 Å². The molecule has 0 bridgehead atoms. The molecule has 0 spiro atoms. The number of hydrogen-bond donors (Lipinski definition) is 3. The Bertz CT molecular complexity index is 921. The van der Waals surface area contributed by atoms with Crippen LogP contribution in [0.3, 0.4) is 0 Å². The molecular formula is C24H28N4O4. The molecule has 1 aliphatic heterocycles. The van der Waals surface area contributed by atoms with E-state index in [2.05, 4.69) is 16.7 Å². The van der Waals surface area contributed by atoms with Crippen LogP contribution in [0.15, 0.2) is 54.6 Å². The van der Waals surface area contributed by atoms with Crippen LogP contribution in [0, 0.1) is 11.3 Å². The molecule has 1 heterocycles. The van der Waals surface area contributed by atoms with Gasteiger partial charge in [0, 0.05) is 19.5 Å². The molecule has 0 radical (unpaired) electrons. The van der Waals surface area contributed by atoms with Crippen molar-refractivity contribution in [3.8, 4) is 11.8 Å². The molecular weight excluding hydrogens is 408 g/mol. The van der Waals surface area contributed by atoms with Gasteiger partial charge in [-0.1, -0.05) is 42.5 Å². The number of ether oxygens (including phenoxy) is 1. The van der Waals surface area contributed by atoms with E-state index in [1.807, 2.05) is 30.3 Å². The molecule has 3 rings (SSSR count). The van der Waals surface area contributed by atoms with Gasteiger partial charge in [0.05, 0.1) is 19.3 Å². The zero-order valence-corrected chi connectivity index (χ0v) is 17.9. The fourth-order valence-corrected chi connectivity index (χ4v) is 3.48. The summed E-state index contributed by atoms with van der Waals surface area (Å²) < 4.78 is 5.28. The van der Waals surface area contributed by atoms with E-state index in [4.69, 9.17) is 4.74 Å². The number of carbonyl (C=O) groups excluding carboxylic acids is 2. The maximum absolute atomic E-state index is 13.0. The van der Waals surface area contributed by atoms with Gasteiger partial charge < -0.3 is 25.4 Å². The molecule has 0 saturated carbocycles. The van der Waals surface area contributed by atoms with Crippen molar-refractivity contribution in [2.45, 2.75) is 31.3 Å². The van der Waals surface area contributed by atoms with Crippen LogP contribution in [0.2, 0.25) is 0 Å². The Morgan fingerprint density at radius 3 is 2.38 bits per heavy atom. The topological polar surface area (TPSA) is 115 Å². The Labute approximate surface area is 187 Å². The van der Waals surface area contributed by atoms with E-state index in [1.165, 1.54) is 12.1 Å². The van der Waals surface area contributed by atoms with Crippen molar-refractivity contribution in [3.63, 3.8) is 0 Å². The minimum Gasteiger partial charge on any atom is -0.508 e. The van der Waals surface area contributed by atoms with E-state index < -0.39 is 18.0 Å². The maximum atomic E-state index is 13.0. The number of hydrogen-bond acceptors (Lipinski definition) is 5. The molecule has 2 aromatic rings. The number of phenols is 1. The number of nitrogens with zero attached hydrogens (tertiary/aromatic N) is 2. The fourth-order valence-electron chi connectivity index (χ4n) is 3.48. The van der Waals surface area contributed by atoms with Crippen LogP contribution in [-0.2, 0) is 22.4 Å². The van der Waals surface area contributed by atoms with Gasteiger partial charge in [-0.3, -0.25) is 4.79 Å². The van der Waals surface area contributed by atoms with Crippen LogP contribution in [0.25, 0.3) is 0 Å². The Hall–Kier alpha value is -3.57. The molecule has 0 unspecified atom stereocenters. The number of aryl methyl sites for hydroxylation is 1. The molecule has 1 fully saturated rings. The maximum Gasteiger partial charge on any atom is 0.318 e. The SMILES string of the molecule is N#C[C@H](CCc1ccccc1)NC(=O)[C@H](Cc1ccc(O)cc1)NC(=O)N1CCOCC1. The summed E-state index contributed by atoms with van der Waals surface area (Å²) in [5.41, 5.74) is 1.87. The first-order chi connectivity index (χ1) is 15.5. The molecule has 2 aromatic carbocycles. The number of nitrogens with one attached hydrogen (secondary N) is 2. The highest BCUT2D eigenvalue weighted by atomic mass is 16.5. The van der Waals surface area contributed by atoms with Gasteiger partial charge in [0.2, 0.25) is 5.91 Å². The Morgan fingerprint density at radius 2 is 1.72 bits per heavy atom. The lowest BCUT2D eigenvalue weighted by atomic mass is 10.0. The van der Waals surface area contributed by atoms with Gasteiger partial charge in [0.15, 0.2) is 0 Å². The molecule has 3 amide bonds. The third-order valence-corrected chi connectivity index (χ3v) is 5.33. The number of benzene rings is 2. The smallest absolute Gasteiger partial charge is 0.318 e. The Balaban J connectivity index is 1.65. The fraction of sp³-hybridized carbons (Fsp3) is 0.375. The average Bonchev–Trinajstić information content (AvgIpc) is 2.83. The van der Waals surface area contributed by atoms with Gasteiger partial charge in [0.25, 0.3) is 0 Å². The zero-order chi connectivity index (χ0) is 22.8. The van der Waals surface area contributed by atoms with Gasteiger partial charge in [-0.2, -0.15) is 5.26 Å². The second kappa shape index (κ2) is 11.7. The van der Waals surface area contributed by atoms with E-state index >= 15 is 0 Å². The lowest BCUT2D eigenvalue weighted by Crippen LogP contribution is -2.55. The number of nitriles is 1. The summed E-state index contributed by atoms with van der Waals surface area (Å²) in [4.78, 5) is 27.4. The standard InChI is InChI=1S/C24H28N4O4/c25-17-20(9-6-18-4-2-1-3-5-18)26-23(30)22(16-19-7-10-21(29)11-8-19)27-24(31)28-12-14-32-15-13-28/h1-5,7-8,10-11,20,22,29H,6,9,12-16H2,(H,26,30)(H,27,31)/t20-,22-/m0/s1. The van der Waals surface area contributed by atoms with Crippen molar-refractivity contribution in [2.75, 3.05) is 26.3 Å². The van der Waals surface area contributed by atoms with E-state index in [-0.39, 0.29) is 18.2 Å². The Kier molecular flexibility index (Phi) is 8.46. The molecule has 168 valence electrons. The van der Waals surface area contributed by atoms with E-state index in [0.29, 0.717) is 39.1 Å². The second-order valence-corrected chi connectivity index (χ2v) is 7.69. The summed E-state index contributed by atoms with van der Waals surface area (Å²) in [6.07, 6.45) is 1.36. The molecule has 0 aromatic heterocycles. The first-order valence-electron chi connectivity index (χ1n) is 10.7. The molecule has 2 atom stereocenters. The van der Waals surface area contributed by atoms with Gasteiger partial charge in [0.1, 0.15) is 17.8 Å². The second-order valence-electron chi connectivity index (χ2n) is 7.69. The molecule has 1 aliphatic rings. The van der Waals surface area contributed by atoms with Crippen LogP contribution in [0.1, 0.15) is 17.5 Å². The van der Waals surface area contributed by atoms with Crippen LogP contribution < -0.4 is 10.6 Å². The quantitative estimate of drug-likeness (QED) is 0.585. The van der Waals surface area contributed by atoms with Crippen molar-refractivity contribution >= 4 is 11.9 Å². The van der Waals surface area contributed by atoms with Crippen molar-refractivity contribution in [1.82, 2.24) is 15.5 Å². The normalized spacial score (nSPS) is 15.3. The van der Waals surface area contributed by atoms with Crippen LogP contribution in [0.5, 0.6) is 5.75 Å². The third-order valence-electron chi connectivity index (χ3n) is 5.33. The van der Waals surface area contributed by atoms with Crippen molar-refractivity contribution in [3.05, 3.63) is 65.7 Å². The zero-order valence-electron chi connectivity index (χ0n) is 17.9. The van der Waals surface area contributed by atoms with Crippen LogP contribution in [0.4, 0.5) is 4.79 Å². The highest BCUT2D eigenvalue weighted by molar-refractivity contribution is 5.87. The summed E-state index contributed by atoms with van der Waals surface area (Å²) in [6, 6.07) is 16.5. The van der Waals surface area contributed by atoms with Crippen LogP contribution >= 0.6 is 0 Å². The highest BCUT2D eigenvalue weighted by Gasteiger charge is 2.26. The third kappa shape index (κ3) is 7.00. The summed E-state index contributed by atoms with van der Waals surface area (Å²) in [5, 5.41) is 24.6. The molecule has 3 N–H and O–H groups in total. The molecule has 32 heavy (non-hydrogen) atoms. The van der Waals surface area contributed by atoms with Crippen molar-refractivity contribution in [1.29, 1.82) is 5.26 Å². The number of phenolic OH excluding ortho intramolecular Hbond substituents is 1. The lowest BCUT2D eigenvalue weighted by Gasteiger charge is -2.29. The minimum atomic E-state index is -0.859. The molecule has 1 saturated heterocycles. The first-order valence-corrected chi connectivity index (χ1v) is 10.7.